The van der Waals surface area contributed by atoms with Gasteiger partial charge in [0.05, 0.1) is 19.1 Å². The van der Waals surface area contributed by atoms with E-state index in [1.807, 2.05) is 27.8 Å². The second kappa shape index (κ2) is 6.74. The van der Waals surface area contributed by atoms with Crippen molar-refractivity contribution < 1.29 is 14.3 Å². The number of carbonyl (C=O) groups is 1. The number of carbonyl (C=O) groups excluding carboxylic acids is 1. The van der Waals surface area contributed by atoms with Gasteiger partial charge in [-0.25, -0.2) is 9.67 Å². The van der Waals surface area contributed by atoms with E-state index in [4.69, 9.17) is 9.47 Å². The predicted molar refractivity (Wildman–Crippen MR) is 90.6 cm³/mol. The summed E-state index contributed by atoms with van der Waals surface area (Å²) in [4.78, 5) is 19.0. The lowest BCUT2D eigenvalue weighted by Crippen LogP contribution is -2.46. The summed E-state index contributed by atoms with van der Waals surface area (Å²) in [6, 6.07) is 6.03. The summed E-state index contributed by atoms with van der Waals surface area (Å²) in [6.07, 6.45) is 5.96. The normalized spacial score (nSPS) is 22.8. The van der Waals surface area contributed by atoms with Crippen LogP contribution in [0.2, 0.25) is 0 Å². The second-order valence-corrected chi connectivity index (χ2v) is 6.62. The number of aromatic nitrogens is 3. The van der Waals surface area contributed by atoms with E-state index in [2.05, 4.69) is 10.1 Å². The molecule has 0 N–H and O–H groups in total. The molecule has 132 valence electrons. The first-order chi connectivity index (χ1) is 12.3. The number of rotatable bonds is 3. The first kappa shape index (κ1) is 15.9. The van der Waals surface area contributed by atoms with Crippen LogP contribution in [0.25, 0.3) is 0 Å². The lowest BCUT2D eigenvalue weighted by Gasteiger charge is -2.36. The quantitative estimate of drug-likeness (QED) is 0.849. The number of ether oxygens (including phenoxy) is 2. The zero-order valence-corrected chi connectivity index (χ0v) is 14.3. The summed E-state index contributed by atoms with van der Waals surface area (Å²) < 4.78 is 13.1. The van der Waals surface area contributed by atoms with Gasteiger partial charge in [0, 0.05) is 13.1 Å². The van der Waals surface area contributed by atoms with Crippen molar-refractivity contribution in [3.8, 4) is 11.5 Å². The van der Waals surface area contributed by atoms with Crippen molar-refractivity contribution in [3.05, 3.63) is 36.4 Å². The van der Waals surface area contributed by atoms with Crippen LogP contribution >= 0.6 is 0 Å². The molecule has 2 aliphatic rings. The maximum Gasteiger partial charge on any atom is 0.229 e. The van der Waals surface area contributed by atoms with Crippen LogP contribution in [0.4, 0.5) is 0 Å². The minimum Gasteiger partial charge on any atom is -0.493 e. The largest absolute Gasteiger partial charge is 0.493 e. The number of nitrogens with zero attached hydrogens (tertiary/aromatic N) is 4. The highest BCUT2D eigenvalue weighted by Crippen LogP contribution is 2.36. The van der Waals surface area contributed by atoms with E-state index < -0.39 is 0 Å². The van der Waals surface area contributed by atoms with Gasteiger partial charge in [-0.15, -0.1) is 0 Å². The fourth-order valence-electron chi connectivity index (χ4n) is 3.75. The van der Waals surface area contributed by atoms with Gasteiger partial charge in [-0.3, -0.25) is 4.79 Å². The molecule has 2 atom stereocenters. The molecule has 7 heteroatoms. The Bertz CT molecular complexity index is 747. The lowest BCUT2D eigenvalue weighted by molar-refractivity contribution is -0.138. The summed E-state index contributed by atoms with van der Waals surface area (Å²) in [7, 11) is 1.63. The highest BCUT2D eigenvalue weighted by Gasteiger charge is 2.33. The van der Waals surface area contributed by atoms with Gasteiger partial charge in [-0.2, -0.15) is 5.10 Å². The van der Waals surface area contributed by atoms with Crippen LogP contribution in [-0.4, -0.2) is 52.4 Å². The number of hydrogen-bond donors (Lipinski definition) is 0. The first-order valence-electron chi connectivity index (χ1n) is 8.68. The zero-order valence-electron chi connectivity index (χ0n) is 14.3. The first-order valence-corrected chi connectivity index (χ1v) is 8.68. The molecule has 1 saturated heterocycles. The topological polar surface area (TPSA) is 69.5 Å². The van der Waals surface area contributed by atoms with Crippen LogP contribution in [0.5, 0.6) is 11.5 Å². The molecule has 7 nitrogen and oxygen atoms in total. The minimum atomic E-state index is -0.144. The Morgan fingerprint density at radius 1 is 1.40 bits per heavy atom. The average Bonchev–Trinajstić information content (AvgIpc) is 3.21. The molecule has 0 aliphatic carbocycles. The summed E-state index contributed by atoms with van der Waals surface area (Å²) in [5, 5.41) is 4.22. The molecule has 0 radical (unpaired) electrons. The van der Waals surface area contributed by atoms with Crippen molar-refractivity contribution in [2.75, 3.05) is 26.8 Å². The number of likely N-dealkylation sites (tertiary alicyclic amines) is 1. The van der Waals surface area contributed by atoms with Crippen LogP contribution in [0, 0.1) is 5.92 Å². The zero-order chi connectivity index (χ0) is 17.2. The molecular weight excluding hydrogens is 320 g/mol. The number of para-hydroxylation sites is 1. The number of benzene rings is 1. The fourth-order valence-corrected chi connectivity index (χ4v) is 3.75. The second-order valence-electron chi connectivity index (χ2n) is 6.62. The van der Waals surface area contributed by atoms with Gasteiger partial charge in [0.2, 0.25) is 5.91 Å². The highest BCUT2D eigenvalue weighted by atomic mass is 16.5. The average molecular weight is 342 g/mol. The summed E-state index contributed by atoms with van der Waals surface area (Å²) >= 11 is 0. The van der Waals surface area contributed by atoms with Crippen molar-refractivity contribution in [1.82, 2.24) is 19.7 Å². The Morgan fingerprint density at radius 2 is 2.32 bits per heavy atom. The third kappa shape index (κ3) is 3.06. The molecular formula is C18H22N4O3. The van der Waals surface area contributed by atoms with Crippen LogP contribution < -0.4 is 9.47 Å². The van der Waals surface area contributed by atoms with E-state index in [-0.39, 0.29) is 17.9 Å². The van der Waals surface area contributed by atoms with E-state index >= 15 is 0 Å². The maximum atomic E-state index is 13.0. The number of hydrogen-bond acceptors (Lipinski definition) is 5. The summed E-state index contributed by atoms with van der Waals surface area (Å²) in [5.74, 6) is 1.52. The monoisotopic (exact) mass is 342 g/mol. The fraction of sp³-hybridized carbons (Fsp3) is 0.500. The smallest absolute Gasteiger partial charge is 0.229 e. The van der Waals surface area contributed by atoms with Crippen molar-refractivity contribution >= 4 is 5.91 Å². The van der Waals surface area contributed by atoms with Crippen LogP contribution in [0.15, 0.2) is 30.9 Å². The standard InChI is InChI=1S/C18H22N4O3/c1-24-16-6-2-4-13-8-14(10-25-17(13)16)18(23)21-7-3-5-15(9-21)22-12-19-11-20-22/h2,4,6,11-12,14-15H,3,5,7-10H2,1H3/t14-,15-/m1/s1. The summed E-state index contributed by atoms with van der Waals surface area (Å²) in [6.45, 7) is 1.88. The third-order valence-corrected chi connectivity index (χ3v) is 5.04. The van der Waals surface area contributed by atoms with Gasteiger partial charge in [0.25, 0.3) is 0 Å². The third-order valence-electron chi connectivity index (χ3n) is 5.04. The van der Waals surface area contributed by atoms with Crippen LogP contribution in [0.1, 0.15) is 24.4 Å². The van der Waals surface area contributed by atoms with Crippen molar-refractivity contribution in [3.63, 3.8) is 0 Å². The molecule has 2 aliphatic heterocycles. The Morgan fingerprint density at radius 3 is 3.12 bits per heavy atom. The molecule has 3 heterocycles. The van der Waals surface area contributed by atoms with Gasteiger partial charge in [-0.05, 0) is 30.9 Å². The Balaban J connectivity index is 1.46. The van der Waals surface area contributed by atoms with Crippen molar-refractivity contribution in [2.24, 2.45) is 5.92 Å². The van der Waals surface area contributed by atoms with Gasteiger partial charge in [0.15, 0.2) is 11.5 Å². The predicted octanol–water partition coefficient (Wildman–Crippen LogP) is 1.70. The van der Waals surface area contributed by atoms with Crippen LogP contribution in [0.3, 0.4) is 0 Å². The number of methoxy groups -OCH3 is 1. The van der Waals surface area contributed by atoms with Gasteiger partial charge in [-0.1, -0.05) is 12.1 Å². The van der Waals surface area contributed by atoms with Crippen LogP contribution in [-0.2, 0) is 11.2 Å². The SMILES string of the molecule is COc1cccc2c1OC[C@H](C(=O)N1CCC[C@@H](n3cncn3)C1)C2. The lowest BCUT2D eigenvalue weighted by atomic mass is 9.94. The molecule has 2 aromatic rings. The van der Waals surface area contributed by atoms with E-state index in [1.165, 1.54) is 0 Å². The molecule has 0 saturated carbocycles. The summed E-state index contributed by atoms with van der Waals surface area (Å²) in [5.41, 5.74) is 1.04. The molecule has 25 heavy (non-hydrogen) atoms. The van der Waals surface area contributed by atoms with E-state index in [1.54, 1.807) is 19.8 Å². The molecule has 0 unspecified atom stereocenters. The number of fused-ring (bicyclic) bond motifs is 1. The molecule has 1 amide bonds. The molecule has 1 aromatic heterocycles. The van der Waals surface area contributed by atoms with E-state index in [0.717, 1.165) is 36.4 Å². The molecule has 4 rings (SSSR count). The van der Waals surface area contributed by atoms with Crippen molar-refractivity contribution in [2.45, 2.75) is 25.3 Å². The molecule has 0 bridgehead atoms. The van der Waals surface area contributed by atoms with Gasteiger partial charge < -0.3 is 14.4 Å². The van der Waals surface area contributed by atoms with E-state index in [9.17, 15) is 4.79 Å². The Labute approximate surface area is 146 Å². The Kier molecular flexibility index (Phi) is 4.29. The van der Waals surface area contributed by atoms with Gasteiger partial charge in [0.1, 0.15) is 19.3 Å². The highest BCUT2D eigenvalue weighted by molar-refractivity contribution is 5.80. The number of amides is 1. The molecule has 0 spiro atoms. The van der Waals surface area contributed by atoms with Gasteiger partial charge >= 0.3 is 0 Å². The maximum absolute atomic E-state index is 13.0. The van der Waals surface area contributed by atoms with Crippen molar-refractivity contribution in [1.29, 1.82) is 0 Å². The van der Waals surface area contributed by atoms with E-state index in [0.29, 0.717) is 19.6 Å². The Hall–Kier alpha value is -2.57. The molecule has 1 fully saturated rings. The minimum absolute atomic E-state index is 0.144. The number of piperidine rings is 1. The molecule has 1 aromatic carbocycles.